The van der Waals surface area contributed by atoms with Gasteiger partial charge in [0.05, 0.1) is 0 Å². The van der Waals surface area contributed by atoms with Crippen molar-refractivity contribution < 1.29 is 14.0 Å². The van der Waals surface area contributed by atoms with E-state index in [1.165, 1.54) is 22.3 Å². The highest BCUT2D eigenvalue weighted by atomic mass is 16.3. The summed E-state index contributed by atoms with van der Waals surface area (Å²) in [7, 11) is 0. The summed E-state index contributed by atoms with van der Waals surface area (Å²) in [5.41, 5.74) is 7.62. The molecular formula is C25H26N2O3. The summed E-state index contributed by atoms with van der Waals surface area (Å²) < 4.78 is 5.84. The normalized spacial score (nSPS) is 12.7. The van der Waals surface area contributed by atoms with E-state index in [9.17, 15) is 9.59 Å². The zero-order valence-electron chi connectivity index (χ0n) is 17.8. The van der Waals surface area contributed by atoms with Crippen LogP contribution in [0.3, 0.4) is 0 Å². The third-order valence-corrected chi connectivity index (χ3v) is 5.69. The number of carbonyl (C=O) groups excluding carboxylic acids is 2. The number of benzene rings is 2. The fourth-order valence-electron chi connectivity index (χ4n) is 4.26. The molecule has 1 aliphatic rings. The molecule has 0 aliphatic carbocycles. The van der Waals surface area contributed by atoms with Crippen LogP contribution in [0.1, 0.15) is 51.1 Å². The summed E-state index contributed by atoms with van der Waals surface area (Å²) in [6.45, 7) is 8.55. The summed E-state index contributed by atoms with van der Waals surface area (Å²) >= 11 is 0. The lowest BCUT2D eigenvalue weighted by Gasteiger charge is -2.15. The van der Waals surface area contributed by atoms with Gasteiger partial charge in [0.15, 0.2) is 5.76 Å². The molecule has 30 heavy (non-hydrogen) atoms. The molecule has 0 saturated carbocycles. The van der Waals surface area contributed by atoms with Gasteiger partial charge in [0, 0.05) is 31.3 Å². The zero-order valence-corrected chi connectivity index (χ0v) is 17.8. The molecule has 0 fully saturated rings. The predicted molar refractivity (Wildman–Crippen MR) is 118 cm³/mol. The number of fused-ring (bicyclic) bond motifs is 1. The highest BCUT2D eigenvalue weighted by Gasteiger charge is 2.22. The van der Waals surface area contributed by atoms with Gasteiger partial charge in [-0.05, 0) is 79.8 Å². The van der Waals surface area contributed by atoms with E-state index in [0.29, 0.717) is 24.4 Å². The van der Waals surface area contributed by atoms with Gasteiger partial charge in [-0.1, -0.05) is 17.7 Å². The van der Waals surface area contributed by atoms with E-state index in [0.717, 1.165) is 23.4 Å². The SMILES string of the molecule is CC(=O)N1CCc2cc(NC(=O)c3ccc(Cc4c(C)cc(C)cc4C)o3)ccc21. The second kappa shape index (κ2) is 7.82. The van der Waals surface area contributed by atoms with Crippen LogP contribution >= 0.6 is 0 Å². The first kappa shape index (κ1) is 20.0. The van der Waals surface area contributed by atoms with Crippen molar-refractivity contribution in [2.45, 2.75) is 40.5 Å². The summed E-state index contributed by atoms with van der Waals surface area (Å²) in [4.78, 5) is 26.1. The van der Waals surface area contributed by atoms with E-state index >= 15 is 0 Å². The number of furan rings is 1. The number of anilines is 2. The highest BCUT2D eigenvalue weighted by Crippen LogP contribution is 2.30. The van der Waals surface area contributed by atoms with Crippen LogP contribution in [0.25, 0.3) is 0 Å². The van der Waals surface area contributed by atoms with Crippen LogP contribution < -0.4 is 10.2 Å². The number of rotatable bonds is 4. The van der Waals surface area contributed by atoms with Gasteiger partial charge in [-0.25, -0.2) is 0 Å². The highest BCUT2D eigenvalue weighted by molar-refractivity contribution is 6.02. The lowest BCUT2D eigenvalue weighted by molar-refractivity contribution is -0.116. The largest absolute Gasteiger partial charge is 0.456 e. The number of nitrogens with zero attached hydrogens (tertiary/aromatic N) is 1. The fourth-order valence-corrected chi connectivity index (χ4v) is 4.26. The number of nitrogens with one attached hydrogen (secondary N) is 1. The molecule has 1 N–H and O–H groups in total. The molecule has 1 aliphatic heterocycles. The predicted octanol–water partition coefficient (Wildman–Crippen LogP) is 4.96. The monoisotopic (exact) mass is 402 g/mol. The fraction of sp³-hybridized carbons (Fsp3) is 0.280. The van der Waals surface area contributed by atoms with E-state index in [2.05, 4.69) is 38.2 Å². The smallest absolute Gasteiger partial charge is 0.291 e. The van der Waals surface area contributed by atoms with Crippen molar-refractivity contribution in [3.05, 3.63) is 81.8 Å². The molecule has 5 nitrogen and oxygen atoms in total. The Hall–Kier alpha value is -3.34. The molecule has 0 atom stereocenters. The van der Waals surface area contributed by atoms with Gasteiger partial charge in [0.25, 0.3) is 5.91 Å². The Bertz CT molecular complexity index is 1120. The van der Waals surface area contributed by atoms with Gasteiger partial charge < -0.3 is 14.6 Å². The van der Waals surface area contributed by atoms with Crippen molar-refractivity contribution in [3.63, 3.8) is 0 Å². The van der Waals surface area contributed by atoms with E-state index < -0.39 is 0 Å². The van der Waals surface area contributed by atoms with Crippen LogP contribution in [-0.4, -0.2) is 18.4 Å². The number of amides is 2. The summed E-state index contributed by atoms with van der Waals surface area (Å²) in [6.07, 6.45) is 1.45. The van der Waals surface area contributed by atoms with Crippen LogP contribution in [0.5, 0.6) is 0 Å². The molecule has 2 heterocycles. The lowest BCUT2D eigenvalue weighted by atomic mass is 9.97. The maximum absolute atomic E-state index is 12.7. The molecule has 3 aromatic rings. The Labute approximate surface area is 176 Å². The van der Waals surface area contributed by atoms with Crippen molar-refractivity contribution >= 4 is 23.2 Å². The molecule has 2 aromatic carbocycles. The van der Waals surface area contributed by atoms with Crippen LogP contribution in [0.2, 0.25) is 0 Å². The summed E-state index contributed by atoms with van der Waals surface area (Å²) in [5.74, 6) is 0.812. The van der Waals surface area contributed by atoms with Gasteiger partial charge in [0.1, 0.15) is 5.76 Å². The van der Waals surface area contributed by atoms with Crippen molar-refractivity contribution in [2.75, 3.05) is 16.8 Å². The number of hydrogen-bond donors (Lipinski definition) is 1. The molecule has 0 bridgehead atoms. The Morgan fingerprint density at radius 2 is 1.77 bits per heavy atom. The topological polar surface area (TPSA) is 62.6 Å². The minimum absolute atomic E-state index is 0.0349. The van der Waals surface area contributed by atoms with Gasteiger partial charge in [0.2, 0.25) is 5.91 Å². The molecule has 4 rings (SSSR count). The number of carbonyl (C=O) groups is 2. The Balaban J connectivity index is 1.47. The van der Waals surface area contributed by atoms with Crippen molar-refractivity contribution in [1.29, 1.82) is 0 Å². The van der Waals surface area contributed by atoms with Gasteiger partial charge >= 0.3 is 0 Å². The van der Waals surface area contributed by atoms with Gasteiger partial charge in [-0.2, -0.15) is 0 Å². The average Bonchev–Trinajstić information content (AvgIpc) is 3.31. The van der Waals surface area contributed by atoms with Crippen LogP contribution in [0.15, 0.2) is 46.9 Å². The first-order chi connectivity index (χ1) is 14.3. The quantitative estimate of drug-likeness (QED) is 0.671. The Kier molecular flexibility index (Phi) is 5.20. The third kappa shape index (κ3) is 3.88. The molecule has 0 radical (unpaired) electrons. The van der Waals surface area contributed by atoms with Gasteiger partial charge in [-0.15, -0.1) is 0 Å². The molecular weight excluding hydrogens is 376 g/mol. The molecule has 154 valence electrons. The second-order valence-electron chi connectivity index (χ2n) is 8.04. The first-order valence-corrected chi connectivity index (χ1v) is 10.2. The first-order valence-electron chi connectivity index (χ1n) is 10.2. The van der Waals surface area contributed by atoms with E-state index in [4.69, 9.17) is 4.42 Å². The average molecular weight is 402 g/mol. The Morgan fingerprint density at radius 3 is 2.47 bits per heavy atom. The Morgan fingerprint density at radius 1 is 1.03 bits per heavy atom. The number of hydrogen-bond acceptors (Lipinski definition) is 3. The van der Waals surface area contributed by atoms with Crippen LogP contribution in [0.4, 0.5) is 11.4 Å². The van der Waals surface area contributed by atoms with E-state index in [-0.39, 0.29) is 11.8 Å². The molecule has 5 heteroatoms. The molecule has 0 saturated heterocycles. The van der Waals surface area contributed by atoms with Crippen molar-refractivity contribution in [3.8, 4) is 0 Å². The zero-order chi connectivity index (χ0) is 21.4. The van der Waals surface area contributed by atoms with Crippen molar-refractivity contribution in [2.24, 2.45) is 0 Å². The van der Waals surface area contributed by atoms with E-state index in [1.807, 2.05) is 24.3 Å². The van der Waals surface area contributed by atoms with Crippen LogP contribution in [0, 0.1) is 20.8 Å². The molecule has 2 amide bonds. The minimum Gasteiger partial charge on any atom is -0.456 e. The maximum Gasteiger partial charge on any atom is 0.291 e. The lowest BCUT2D eigenvalue weighted by Crippen LogP contribution is -2.25. The van der Waals surface area contributed by atoms with Gasteiger partial charge in [-0.3, -0.25) is 9.59 Å². The number of aryl methyl sites for hydroxylation is 3. The summed E-state index contributed by atoms with van der Waals surface area (Å²) in [5, 5.41) is 2.90. The minimum atomic E-state index is -0.278. The third-order valence-electron chi connectivity index (χ3n) is 5.69. The molecule has 1 aromatic heterocycles. The molecule has 0 spiro atoms. The van der Waals surface area contributed by atoms with Crippen molar-refractivity contribution in [1.82, 2.24) is 0 Å². The standard InChI is InChI=1S/C25H26N2O3/c1-15-11-16(2)22(17(3)12-15)14-21-6-8-24(30-21)25(29)26-20-5-7-23-19(13-20)9-10-27(23)18(4)28/h5-8,11-13H,9-10,14H2,1-4H3,(H,26,29). The summed E-state index contributed by atoms with van der Waals surface area (Å²) in [6, 6.07) is 13.5. The molecule has 0 unspecified atom stereocenters. The second-order valence-corrected chi connectivity index (χ2v) is 8.04. The van der Waals surface area contributed by atoms with Crippen LogP contribution in [-0.2, 0) is 17.6 Å². The maximum atomic E-state index is 12.7. The van der Waals surface area contributed by atoms with E-state index in [1.54, 1.807) is 17.9 Å².